The molecule has 1 aliphatic heterocycles. The number of H-pyrrole nitrogens is 2. The maximum Gasteiger partial charge on any atom is 0.330 e. The van der Waals surface area contributed by atoms with Crippen LogP contribution in [-0.2, 0) is 6.54 Å². The Morgan fingerprint density at radius 1 is 1.19 bits per heavy atom. The molecule has 1 fully saturated rings. The Bertz CT molecular complexity index is 737. The number of aryl methyl sites for hydroxylation is 1. The largest absolute Gasteiger partial charge is 0.340 e. The minimum atomic E-state index is -0.406. The van der Waals surface area contributed by atoms with Gasteiger partial charge in [-0.15, -0.1) is 0 Å². The van der Waals surface area contributed by atoms with Crippen LogP contribution in [0, 0.1) is 0 Å². The van der Waals surface area contributed by atoms with Gasteiger partial charge in [-0.1, -0.05) is 13.3 Å². The molecule has 0 unspecified atom stereocenters. The molecule has 21 heavy (non-hydrogen) atoms. The first kappa shape index (κ1) is 13.9. The third kappa shape index (κ3) is 2.58. The summed E-state index contributed by atoms with van der Waals surface area (Å²) in [4.78, 5) is 35.9. The van der Waals surface area contributed by atoms with E-state index in [1.165, 1.54) is 0 Å². The summed E-state index contributed by atoms with van der Waals surface area (Å²) in [6.45, 7) is 6.05. The molecule has 0 spiro atoms. The second kappa shape index (κ2) is 5.72. The van der Waals surface area contributed by atoms with Crippen molar-refractivity contribution in [1.82, 2.24) is 24.8 Å². The number of fused-ring (bicyclic) bond motifs is 1. The van der Waals surface area contributed by atoms with Gasteiger partial charge in [0.15, 0.2) is 11.2 Å². The summed E-state index contributed by atoms with van der Waals surface area (Å²) >= 11 is 0. The van der Waals surface area contributed by atoms with Crippen LogP contribution in [0.5, 0.6) is 0 Å². The van der Waals surface area contributed by atoms with Gasteiger partial charge in [-0.3, -0.25) is 14.3 Å². The van der Waals surface area contributed by atoms with Crippen molar-refractivity contribution in [2.75, 3.05) is 31.1 Å². The number of anilines is 1. The summed E-state index contributed by atoms with van der Waals surface area (Å²) in [7, 11) is 0. The van der Waals surface area contributed by atoms with E-state index in [1.807, 2.05) is 0 Å². The molecule has 8 nitrogen and oxygen atoms in total. The number of hydrogen-bond acceptors (Lipinski definition) is 5. The van der Waals surface area contributed by atoms with Crippen LogP contribution in [0.1, 0.15) is 19.8 Å². The average molecular weight is 292 g/mol. The number of piperazine rings is 1. The number of hydrogen-bond donors (Lipinski definition) is 3. The molecule has 2 aromatic heterocycles. The predicted octanol–water partition coefficient (Wildman–Crippen LogP) is -0.377. The standard InChI is InChI=1S/C13H20N6O2/c1-2-3-6-19-10-9(11(20)17-13(19)21)15-12(16-10)18-7-4-14-5-8-18/h14H,2-8H2,1H3,(H,15,16)(H,17,20,21). The highest BCUT2D eigenvalue weighted by Gasteiger charge is 2.18. The lowest BCUT2D eigenvalue weighted by Gasteiger charge is -2.26. The monoisotopic (exact) mass is 292 g/mol. The summed E-state index contributed by atoms with van der Waals surface area (Å²) in [6, 6.07) is 0. The first-order valence-corrected chi connectivity index (χ1v) is 7.39. The maximum atomic E-state index is 12.0. The van der Waals surface area contributed by atoms with E-state index in [0.29, 0.717) is 23.7 Å². The Balaban J connectivity index is 2.08. The quantitative estimate of drug-likeness (QED) is 0.713. The molecule has 0 saturated carbocycles. The van der Waals surface area contributed by atoms with E-state index in [-0.39, 0.29) is 5.69 Å². The molecule has 114 valence electrons. The third-order valence-corrected chi connectivity index (χ3v) is 3.77. The Morgan fingerprint density at radius 2 is 1.95 bits per heavy atom. The second-order valence-electron chi connectivity index (χ2n) is 5.26. The number of aromatic amines is 2. The van der Waals surface area contributed by atoms with Crippen molar-refractivity contribution < 1.29 is 0 Å². The van der Waals surface area contributed by atoms with Gasteiger partial charge in [0.05, 0.1) is 0 Å². The van der Waals surface area contributed by atoms with Crippen LogP contribution >= 0.6 is 0 Å². The van der Waals surface area contributed by atoms with E-state index in [0.717, 1.165) is 39.0 Å². The topological polar surface area (TPSA) is 98.8 Å². The number of nitrogens with one attached hydrogen (secondary N) is 3. The summed E-state index contributed by atoms with van der Waals surface area (Å²) in [5, 5.41) is 3.27. The second-order valence-corrected chi connectivity index (χ2v) is 5.26. The Kier molecular flexibility index (Phi) is 3.78. The summed E-state index contributed by atoms with van der Waals surface area (Å²) in [5.41, 5.74) is 0.0286. The molecular formula is C13H20N6O2. The third-order valence-electron chi connectivity index (χ3n) is 3.77. The fourth-order valence-electron chi connectivity index (χ4n) is 2.58. The first-order valence-electron chi connectivity index (χ1n) is 7.39. The molecule has 1 saturated heterocycles. The van der Waals surface area contributed by atoms with Crippen LogP contribution in [0.15, 0.2) is 9.59 Å². The van der Waals surface area contributed by atoms with Gasteiger partial charge in [0, 0.05) is 32.7 Å². The highest BCUT2D eigenvalue weighted by atomic mass is 16.2. The average Bonchev–Trinajstić information content (AvgIpc) is 2.93. The molecule has 2 aromatic rings. The van der Waals surface area contributed by atoms with Crippen molar-refractivity contribution in [2.45, 2.75) is 26.3 Å². The molecular weight excluding hydrogens is 272 g/mol. The van der Waals surface area contributed by atoms with E-state index >= 15 is 0 Å². The fraction of sp³-hybridized carbons (Fsp3) is 0.615. The molecule has 0 aliphatic carbocycles. The Labute approximate surface area is 121 Å². The first-order chi connectivity index (χ1) is 10.2. The van der Waals surface area contributed by atoms with Gasteiger partial charge in [0.25, 0.3) is 5.56 Å². The van der Waals surface area contributed by atoms with E-state index in [4.69, 9.17) is 0 Å². The zero-order chi connectivity index (χ0) is 14.8. The number of imidazole rings is 1. The van der Waals surface area contributed by atoms with Gasteiger partial charge < -0.3 is 15.2 Å². The van der Waals surface area contributed by atoms with E-state index in [2.05, 4.69) is 32.1 Å². The lowest BCUT2D eigenvalue weighted by molar-refractivity contribution is 0.581. The molecule has 3 N–H and O–H groups in total. The lowest BCUT2D eigenvalue weighted by atomic mass is 10.3. The van der Waals surface area contributed by atoms with Crippen molar-refractivity contribution in [3.8, 4) is 0 Å². The van der Waals surface area contributed by atoms with Crippen molar-refractivity contribution in [2.24, 2.45) is 0 Å². The number of nitrogens with zero attached hydrogens (tertiary/aromatic N) is 3. The molecule has 3 heterocycles. The Morgan fingerprint density at radius 3 is 2.67 bits per heavy atom. The zero-order valence-electron chi connectivity index (χ0n) is 12.1. The van der Waals surface area contributed by atoms with Crippen molar-refractivity contribution in [3.63, 3.8) is 0 Å². The lowest BCUT2D eigenvalue weighted by Crippen LogP contribution is -2.44. The highest BCUT2D eigenvalue weighted by Crippen LogP contribution is 2.14. The Hall–Kier alpha value is -2.09. The molecule has 0 amide bonds. The van der Waals surface area contributed by atoms with Crippen LogP contribution in [0.4, 0.5) is 5.95 Å². The number of aromatic nitrogens is 4. The number of unbranched alkanes of at least 4 members (excludes halogenated alkanes) is 1. The van der Waals surface area contributed by atoms with Crippen LogP contribution in [-0.4, -0.2) is 45.7 Å². The normalized spacial score (nSPS) is 15.8. The molecule has 1 aliphatic rings. The van der Waals surface area contributed by atoms with Crippen molar-refractivity contribution >= 4 is 17.1 Å². The van der Waals surface area contributed by atoms with Gasteiger partial charge >= 0.3 is 5.69 Å². The van der Waals surface area contributed by atoms with Gasteiger partial charge in [-0.25, -0.2) is 4.79 Å². The maximum absolute atomic E-state index is 12.0. The molecule has 3 rings (SSSR count). The molecule has 0 atom stereocenters. The van der Waals surface area contributed by atoms with Crippen LogP contribution < -0.4 is 21.5 Å². The predicted molar refractivity (Wildman–Crippen MR) is 81.0 cm³/mol. The number of rotatable bonds is 4. The van der Waals surface area contributed by atoms with Crippen molar-refractivity contribution in [3.05, 3.63) is 20.8 Å². The van der Waals surface area contributed by atoms with E-state index in [1.54, 1.807) is 4.57 Å². The molecule has 0 aromatic carbocycles. The fourth-order valence-corrected chi connectivity index (χ4v) is 2.58. The van der Waals surface area contributed by atoms with Gasteiger partial charge in [0.1, 0.15) is 0 Å². The minimum absolute atomic E-state index is 0.374. The minimum Gasteiger partial charge on any atom is -0.340 e. The summed E-state index contributed by atoms with van der Waals surface area (Å²) < 4.78 is 1.54. The smallest absolute Gasteiger partial charge is 0.330 e. The van der Waals surface area contributed by atoms with Crippen molar-refractivity contribution in [1.29, 1.82) is 0 Å². The molecule has 8 heteroatoms. The molecule has 0 bridgehead atoms. The summed E-state index contributed by atoms with van der Waals surface area (Å²) in [6.07, 6.45) is 1.85. The SMILES string of the molecule is CCCCn1c(=O)[nH]c(=O)c2[nH]c(N3CCNCC3)nc21. The summed E-state index contributed by atoms with van der Waals surface area (Å²) in [5.74, 6) is 0.660. The highest BCUT2D eigenvalue weighted by molar-refractivity contribution is 5.72. The zero-order valence-corrected chi connectivity index (χ0v) is 12.1. The van der Waals surface area contributed by atoms with Crippen LogP contribution in [0.25, 0.3) is 11.2 Å². The van der Waals surface area contributed by atoms with Gasteiger partial charge in [-0.05, 0) is 6.42 Å². The van der Waals surface area contributed by atoms with Gasteiger partial charge in [0.2, 0.25) is 5.95 Å². The van der Waals surface area contributed by atoms with Gasteiger partial charge in [-0.2, -0.15) is 4.98 Å². The van der Waals surface area contributed by atoms with Crippen LogP contribution in [0.3, 0.4) is 0 Å². The van der Waals surface area contributed by atoms with E-state index < -0.39 is 5.56 Å². The van der Waals surface area contributed by atoms with E-state index in [9.17, 15) is 9.59 Å². The molecule has 0 radical (unpaired) electrons. The van der Waals surface area contributed by atoms with Crippen LogP contribution in [0.2, 0.25) is 0 Å².